The third-order valence-electron chi connectivity index (χ3n) is 3.59. The zero-order valence-corrected chi connectivity index (χ0v) is 11.4. The number of hydrogen-bond acceptors (Lipinski definition) is 3. The number of aromatic nitrogens is 1. The molecule has 0 saturated heterocycles. The zero-order chi connectivity index (χ0) is 13.2. The molecule has 0 aliphatic carbocycles. The number of nitrogen functional groups attached to an aromatic ring is 1. The van der Waals surface area contributed by atoms with E-state index >= 15 is 0 Å². The van der Waals surface area contributed by atoms with Crippen molar-refractivity contribution in [2.75, 3.05) is 12.3 Å². The molecule has 0 spiro atoms. The molecule has 0 atom stereocenters. The van der Waals surface area contributed by atoms with Gasteiger partial charge in [-0.2, -0.15) is 0 Å². The van der Waals surface area contributed by atoms with Crippen LogP contribution in [0.5, 0.6) is 0 Å². The maximum Gasteiger partial charge on any atom is 0.129 e. The van der Waals surface area contributed by atoms with Gasteiger partial charge >= 0.3 is 0 Å². The lowest BCUT2D eigenvalue weighted by Crippen LogP contribution is -2.30. The van der Waals surface area contributed by atoms with Crippen LogP contribution in [0.4, 0.5) is 5.69 Å². The van der Waals surface area contributed by atoms with Crippen LogP contribution >= 0.6 is 11.6 Å². The molecule has 19 heavy (non-hydrogen) atoms. The Morgan fingerprint density at radius 2 is 2.21 bits per heavy atom. The van der Waals surface area contributed by atoms with Gasteiger partial charge in [0.25, 0.3) is 0 Å². The van der Waals surface area contributed by atoms with E-state index in [0.29, 0.717) is 5.15 Å². The minimum absolute atomic E-state index is 0.550. The molecule has 0 saturated carbocycles. The molecule has 1 aliphatic heterocycles. The van der Waals surface area contributed by atoms with E-state index in [1.165, 1.54) is 16.7 Å². The van der Waals surface area contributed by atoms with Crippen molar-refractivity contribution in [3.63, 3.8) is 0 Å². The summed E-state index contributed by atoms with van der Waals surface area (Å²) in [5, 5.41) is 0.550. The van der Waals surface area contributed by atoms with Crippen molar-refractivity contribution < 1.29 is 0 Å². The van der Waals surface area contributed by atoms with Gasteiger partial charge in [0.15, 0.2) is 0 Å². The highest BCUT2D eigenvalue weighted by Crippen LogP contribution is 2.25. The number of hydrogen-bond donors (Lipinski definition) is 1. The number of nitrogens with zero attached hydrogens (tertiary/aromatic N) is 2. The van der Waals surface area contributed by atoms with Gasteiger partial charge in [0, 0.05) is 31.5 Å². The molecule has 3 nitrogen and oxygen atoms in total. The lowest BCUT2D eigenvalue weighted by Gasteiger charge is -2.29. The highest BCUT2D eigenvalue weighted by molar-refractivity contribution is 6.29. The third kappa shape index (κ3) is 2.72. The zero-order valence-electron chi connectivity index (χ0n) is 10.6. The van der Waals surface area contributed by atoms with Gasteiger partial charge in [-0.15, -0.1) is 0 Å². The smallest absolute Gasteiger partial charge is 0.129 e. The van der Waals surface area contributed by atoms with Gasteiger partial charge < -0.3 is 5.73 Å². The Morgan fingerprint density at radius 3 is 3.05 bits per heavy atom. The van der Waals surface area contributed by atoms with Gasteiger partial charge in [-0.3, -0.25) is 4.90 Å². The van der Waals surface area contributed by atoms with Gasteiger partial charge in [-0.1, -0.05) is 23.7 Å². The van der Waals surface area contributed by atoms with Gasteiger partial charge in [-0.25, -0.2) is 4.98 Å². The lowest BCUT2D eigenvalue weighted by molar-refractivity contribution is 0.246. The summed E-state index contributed by atoms with van der Waals surface area (Å²) in [6, 6.07) is 10.1. The minimum Gasteiger partial charge on any atom is -0.398 e. The first-order valence-electron chi connectivity index (χ1n) is 6.41. The molecule has 1 aliphatic rings. The van der Waals surface area contributed by atoms with Gasteiger partial charge in [-0.05, 0) is 41.3 Å². The molecule has 0 radical (unpaired) electrons. The molecule has 0 unspecified atom stereocenters. The van der Waals surface area contributed by atoms with E-state index in [2.05, 4.69) is 16.0 Å². The second kappa shape index (κ2) is 5.19. The third-order valence-corrected chi connectivity index (χ3v) is 3.79. The maximum atomic E-state index is 6.06. The number of fused-ring (bicyclic) bond motifs is 1. The van der Waals surface area contributed by atoms with Crippen molar-refractivity contribution in [3.8, 4) is 0 Å². The summed E-state index contributed by atoms with van der Waals surface area (Å²) in [7, 11) is 0. The topological polar surface area (TPSA) is 42.1 Å². The van der Waals surface area contributed by atoms with E-state index in [1.807, 2.05) is 24.3 Å². The van der Waals surface area contributed by atoms with Crippen LogP contribution < -0.4 is 5.73 Å². The summed E-state index contributed by atoms with van der Waals surface area (Å²) >= 11 is 5.92. The monoisotopic (exact) mass is 273 g/mol. The molecular weight excluding hydrogens is 258 g/mol. The second-order valence-electron chi connectivity index (χ2n) is 4.93. The highest BCUT2D eigenvalue weighted by Gasteiger charge is 2.18. The SMILES string of the molecule is Nc1cccc2c1CN(Cc1ccnc(Cl)c1)CC2. The number of benzene rings is 1. The maximum absolute atomic E-state index is 6.06. The summed E-state index contributed by atoms with van der Waals surface area (Å²) < 4.78 is 0. The van der Waals surface area contributed by atoms with Crippen LogP contribution in [-0.4, -0.2) is 16.4 Å². The van der Waals surface area contributed by atoms with Crippen molar-refractivity contribution in [2.24, 2.45) is 0 Å². The second-order valence-corrected chi connectivity index (χ2v) is 5.32. The first-order valence-corrected chi connectivity index (χ1v) is 6.79. The van der Waals surface area contributed by atoms with Crippen molar-refractivity contribution in [3.05, 3.63) is 58.4 Å². The Hall–Kier alpha value is -1.58. The van der Waals surface area contributed by atoms with Crippen LogP contribution in [0.3, 0.4) is 0 Å². The first kappa shape index (κ1) is 12.5. The predicted octanol–water partition coefficient (Wildman–Crippen LogP) is 2.88. The normalized spacial score (nSPS) is 15.2. The Kier molecular flexibility index (Phi) is 3.40. The highest BCUT2D eigenvalue weighted by atomic mass is 35.5. The van der Waals surface area contributed by atoms with Crippen LogP contribution in [0.1, 0.15) is 16.7 Å². The number of halogens is 1. The molecule has 1 aromatic heterocycles. The fraction of sp³-hybridized carbons (Fsp3) is 0.267. The summed E-state index contributed by atoms with van der Waals surface area (Å²) in [5.74, 6) is 0. The van der Waals surface area contributed by atoms with Crippen molar-refractivity contribution in [2.45, 2.75) is 19.5 Å². The molecule has 2 heterocycles. The van der Waals surface area contributed by atoms with Gasteiger partial charge in [0.2, 0.25) is 0 Å². The Balaban J connectivity index is 1.77. The summed E-state index contributed by atoms with van der Waals surface area (Å²) in [6.07, 6.45) is 2.81. The van der Waals surface area contributed by atoms with Crippen LogP contribution in [-0.2, 0) is 19.5 Å². The van der Waals surface area contributed by atoms with Crippen LogP contribution in [0.25, 0.3) is 0 Å². The van der Waals surface area contributed by atoms with Gasteiger partial charge in [0.05, 0.1) is 0 Å². The van der Waals surface area contributed by atoms with E-state index in [9.17, 15) is 0 Å². The molecule has 2 N–H and O–H groups in total. The van der Waals surface area contributed by atoms with E-state index < -0.39 is 0 Å². The summed E-state index contributed by atoms with van der Waals surface area (Å²) in [5.41, 5.74) is 10.8. The van der Waals surface area contributed by atoms with Crippen LogP contribution in [0, 0.1) is 0 Å². The summed E-state index contributed by atoms with van der Waals surface area (Å²) in [4.78, 5) is 6.40. The number of pyridine rings is 1. The standard InChI is InChI=1S/C15H16ClN3/c16-15-8-11(4-6-18-15)9-19-7-5-12-2-1-3-14(17)13(12)10-19/h1-4,6,8H,5,7,9-10,17H2. The molecule has 98 valence electrons. The van der Waals surface area contributed by atoms with Crippen LogP contribution in [0.15, 0.2) is 36.5 Å². The Bertz CT molecular complexity index is 598. The number of anilines is 1. The van der Waals surface area contributed by atoms with Crippen molar-refractivity contribution in [1.82, 2.24) is 9.88 Å². The fourth-order valence-corrected chi connectivity index (χ4v) is 2.79. The molecule has 2 aromatic rings. The molecular formula is C15H16ClN3. The quantitative estimate of drug-likeness (QED) is 0.676. The van der Waals surface area contributed by atoms with E-state index in [0.717, 1.165) is 31.7 Å². The van der Waals surface area contributed by atoms with Crippen molar-refractivity contribution in [1.29, 1.82) is 0 Å². The van der Waals surface area contributed by atoms with E-state index in [1.54, 1.807) is 6.20 Å². The molecule has 3 rings (SSSR count). The first-order chi connectivity index (χ1) is 9.22. The number of rotatable bonds is 2. The average molecular weight is 274 g/mol. The molecule has 0 amide bonds. The van der Waals surface area contributed by atoms with E-state index in [4.69, 9.17) is 17.3 Å². The van der Waals surface area contributed by atoms with Crippen molar-refractivity contribution >= 4 is 17.3 Å². The Morgan fingerprint density at radius 1 is 1.32 bits per heavy atom. The predicted molar refractivity (Wildman–Crippen MR) is 77.9 cm³/mol. The van der Waals surface area contributed by atoms with E-state index in [-0.39, 0.29) is 0 Å². The number of nitrogens with two attached hydrogens (primary N) is 1. The molecule has 0 fully saturated rings. The average Bonchev–Trinajstić information content (AvgIpc) is 2.40. The lowest BCUT2D eigenvalue weighted by atomic mass is 9.98. The Labute approximate surface area is 118 Å². The molecule has 0 bridgehead atoms. The molecule has 1 aromatic carbocycles. The largest absolute Gasteiger partial charge is 0.398 e. The summed E-state index contributed by atoms with van der Waals surface area (Å²) in [6.45, 7) is 2.84. The van der Waals surface area contributed by atoms with Crippen LogP contribution in [0.2, 0.25) is 5.15 Å². The minimum atomic E-state index is 0.550. The van der Waals surface area contributed by atoms with Gasteiger partial charge in [0.1, 0.15) is 5.15 Å². The fourth-order valence-electron chi connectivity index (χ4n) is 2.60. The molecule has 4 heteroatoms.